The van der Waals surface area contributed by atoms with Gasteiger partial charge in [-0.1, -0.05) is 12.5 Å². The third-order valence-electron chi connectivity index (χ3n) is 0.798. The standard InChI is InChI=1S/C8H10O2/c1-4-6-7(3)8(9)10-5-2/h3,5H2,1-2H3. The van der Waals surface area contributed by atoms with Crippen LogP contribution in [0.2, 0.25) is 0 Å². The fraction of sp³-hybridized carbons (Fsp3) is 0.375. The summed E-state index contributed by atoms with van der Waals surface area (Å²) in [6.45, 7) is 7.16. The summed E-state index contributed by atoms with van der Waals surface area (Å²) in [7, 11) is 0. The van der Waals surface area contributed by atoms with Crippen LogP contribution in [0.15, 0.2) is 12.2 Å². The molecule has 0 aromatic carbocycles. The maximum atomic E-state index is 10.7. The van der Waals surface area contributed by atoms with Gasteiger partial charge in [0.05, 0.1) is 6.61 Å². The second kappa shape index (κ2) is 4.63. The minimum Gasteiger partial charge on any atom is -0.462 e. The van der Waals surface area contributed by atoms with E-state index in [0.717, 1.165) is 0 Å². The van der Waals surface area contributed by atoms with Crippen LogP contribution >= 0.6 is 0 Å². The molecule has 2 heteroatoms. The Bertz CT molecular complexity index is 193. The fourth-order valence-corrected chi connectivity index (χ4v) is 0.420. The molecule has 0 aliphatic heterocycles. The summed E-state index contributed by atoms with van der Waals surface area (Å²) in [6, 6.07) is 0. The molecule has 0 bridgehead atoms. The summed E-state index contributed by atoms with van der Waals surface area (Å²) in [5, 5.41) is 0. The lowest BCUT2D eigenvalue weighted by Crippen LogP contribution is -2.04. The zero-order valence-corrected chi connectivity index (χ0v) is 6.23. The third-order valence-corrected chi connectivity index (χ3v) is 0.798. The molecule has 0 saturated carbocycles. The Hall–Kier alpha value is -1.23. The van der Waals surface area contributed by atoms with Crippen molar-refractivity contribution in [1.29, 1.82) is 0 Å². The molecule has 0 aromatic rings. The highest BCUT2D eigenvalue weighted by Crippen LogP contribution is 1.90. The minimum atomic E-state index is -0.433. The Morgan fingerprint density at radius 1 is 1.70 bits per heavy atom. The van der Waals surface area contributed by atoms with Crippen LogP contribution in [0.4, 0.5) is 0 Å². The van der Waals surface area contributed by atoms with Crippen molar-refractivity contribution in [3.8, 4) is 11.8 Å². The van der Waals surface area contributed by atoms with Gasteiger partial charge in [0.2, 0.25) is 0 Å². The SMILES string of the molecule is C=C(C#CC)C(=O)OCC. The highest BCUT2D eigenvalue weighted by atomic mass is 16.5. The lowest BCUT2D eigenvalue weighted by Gasteiger charge is -1.96. The average molecular weight is 138 g/mol. The van der Waals surface area contributed by atoms with E-state index in [0.29, 0.717) is 6.61 Å². The van der Waals surface area contributed by atoms with E-state index in [-0.39, 0.29) is 5.57 Å². The fourth-order valence-electron chi connectivity index (χ4n) is 0.420. The van der Waals surface area contributed by atoms with Gasteiger partial charge in [0, 0.05) is 0 Å². The molecule has 0 rings (SSSR count). The maximum Gasteiger partial charge on any atom is 0.346 e. The molecule has 0 heterocycles. The van der Waals surface area contributed by atoms with Gasteiger partial charge in [0.25, 0.3) is 0 Å². The molecular formula is C8H10O2. The molecular weight excluding hydrogens is 128 g/mol. The predicted molar refractivity (Wildman–Crippen MR) is 39.2 cm³/mol. The van der Waals surface area contributed by atoms with Gasteiger partial charge in [-0.05, 0) is 13.8 Å². The van der Waals surface area contributed by atoms with Gasteiger partial charge in [0.1, 0.15) is 5.57 Å². The van der Waals surface area contributed by atoms with Crippen molar-refractivity contribution < 1.29 is 9.53 Å². The largest absolute Gasteiger partial charge is 0.462 e. The molecule has 10 heavy (non-hydrogen) atoms. The first kappa shape index (κ1) is 8.77. The number of rotatable bonds is 2. The van der Waals surface area contributed by atoms with Crippen LogP contribution in [0, 0.1) is 11.8 Å². The number of esters is 1. The lowest BCUT2D eigenvalue weighted by atomic mass is 10.3. The number of carbonyl (C=O) groups excluding carboxylic acids is 1. The van der Waals surface area contributed by atoms with Gasteiger partial charge in [-0.2, -0.15) is 0 Å². The van der Waals surface area contributed by atoms with E-state index in [4.69, 9.17) is 0 Å². The summed E-state index contributed by atoms with van der Waals surface area (Å²) in [5.41, 5.74) is 0.212. The van der Waals surface area contributed by atoms with Crippen molar-refractivity contribution in [1.82, 2.24) is 0 Å². The van der Waals surface area contributed by atoms with E-state index in [2.05, 4.69) is 23.2 Å². The second-order valence-electron chi connectivity index (χ2n) is 1.57. The first-order valence-corrected chi connectivity index (χ1v) is 3.01. The van der Waals surface area contributed by atoms with Crippen molar-refractivity contribution in [3.05, 3.63) is 12.2 Å². The van der Waals surface area contributed by atoms with Gasteiger partial charge in [-0.15, -0.1) is 5.92 Å². The average Bonchev–Trinajstić information content (AvgIpc) is 1.89. The van der Waals surface area contributed by atoms with Crippen LogP contribution in [0.25, 0.3) is 0 Å². The van der Waals surface area contributed by atoms with E-state index in [1.807, 2.05) is 0 Å². The Morgan fingerprint density at radius 2 is 2.30 bits per heavy atom. The molecule has 0 atom stereocenters. The summed E-state index contributed by atoms with van der Waals surface area (Å²) in [6.07, 6.45) is 0. The van der Waals surface area contributed by atoms with Crippen LogP contribution in [-0.4, -0.2) is 12.6 Å². The zero-order chi connectivity index (χ0) is 7.98. The summed E-state index contributed by atoms with van der Waals surface area (Å²) >= 11 is 0. The van der Waals surface area contributed by atoms with Crippen molar-refractivity contribution in [2.75, 3.05) is 6.61 Å². The summed E-state index contributed by atoms with van der Waals surface area (Å²) < 4.78 is 4.62. The number of ether oxygens (including phenoxy) is 1. The number of hydrogen-bond donors (Lipinski definition) is 0. The monoisotopic (exact) mass is 138 g/mol. The lowest BCUT2D eigenvalue weighted by molar-refractivity contribution is -0.137. The first-order chi connectivity index (χ1) is 4.72. The van der Waals surface area contributed by atoms with E-state index in [9.17, 15) is 4.79 Å². The molecule has 54 valence electrons. The van der Waals surface area contributed by atoms with Crippen molar-refractivity contribution in [2.45, 2.75) is 13.8 Å². The van der Waals surface area contributed by atoms with E-state index in [1.54, 1.807) is 13.8 Å². The molecule has 0 fully saturated rings. The van der Waals surface area contributed by atoms with Crippen LogP contribution in [0.1, 0.15) is 13.8 Å². The molecule has 0 saturated heterocycles. The highest BCUT2D eigenvalue weighted by molar-refractivity contribution is 5.92. The first-order valence-electron chi connectivity index (χ1n) is 3.01. The minimum absolute atomic E-state index is 0.212. The molecule has 0 aromatic heterocycles. The molecule has 0 radical (unpaired) electrons. The van der Waals surface area contributed by atoms with E-state index >= 15 is 0 Å². The van der Waals surface area contributed by atoms with Crippen LogP contribution in [0.5, 0.6) is 0 Å². The van der Waals surface area contributed by atoms with Gasteiger partial charge in [-0.3, -0.25) is 0 Å². The molecule has 0 aliphatic carbocycles. The van der Waals surface area contributed by atoms with Gasteiger partial charge in [0.15, 0.2) is 0 Å². The van der Waals surface area contributed by atoms with E-state index < -0.39 is 5.97 Å². The smallest absolute Gasteiger partial charge is 0.346 e. The Morgan fingerprint density at radius 3 is 2.70 bits per heavy atom. The highest BCUT2D eigenvalue weighted by Gasteiger charge is 2.02. The third kappa shape index (κ3) is 2.93. The number of hydrogen-bond acceptors (Lipinski definition) is 2. The van der Waals surface area contributed by atoms with E-state index in [1.165, 1.54) is 0 Å². The quantitative estimate of drug-likeness (QED) is 0.325. The molecule has 0 unspecified atom stereocenters. The van der Waals surface area contributed by atoms with Crippen molar-refractivity contribution in [2.24, 2.45) is 0 Å². The predicted octanol–water partition coefficient (Wildman–Crippen LogP) is 1.13. The summed E-state index contributed by atoms with van der Waals surface area (Å²) in [5.74, 6) is 4.63. The van der Waals surface area contributed by atoms with Gasteiger partial charge < -0.3 is 4.74 Å². The molecule has 2 nitrogen and oxygen atoms in total. The zero-order valence-electron chi connectivity index (χ0n) is 6.23. The van der Waals surface area contributed by atoms with Gasteiger partial charge in [-0.25, -0.2) is 4.79 Å². The van der Waals surface area contributed by atoms with Crippen LogP contribution in [0.3, 0.4) is 0 Å². The Labute approximate surface area is 60.9 Å². The molecule has 0 spiro atoms. The van der Waals surface area contributed by atoms with Crippen LogP contribution in [-0.2, 0) is 9.53 Å². The van der Waals surface area contributed by atoms with Crippen LogP contribution < -0.4 is 0 Å². The topological polar surface area (TPSA) is 26.3 Å². The number of carbonyl (C=O) groups is 1. The molecule has 0 N–H and O–H groups in total. The normalized spacial score (nSPS) is 7.40. The molecule has 0 amide bonds. The maximum absolute atomic E-state index is 10.7. The second-order valence-corrected chi connectivity index (χ2v) is 1.57. The van der Waals surface area contributed by atoms with Crippen molar-refractivity contribution >= 4 is 5.97 Å². The van der Waals surface area contributed by atoms with Gasteiger partial charge >= 0.3 is 5.97 Å². The summed E-state index contributed by atoms with van der Waals surface area (Å²) in [4.78, 5) is 10.7. The molecule has 0 aliphatic rings. The Kier molecular flexibility index (Phi) is 4.06. The van der Waals surface area contributed by atoms with Crippen molar-refractivity contribution in [3.63, 3.8) is 0 Å². The Balaban J connectivity index is 3.92.